The van der Waals surface area contributed by atoms with Crippen LogP contribution in [0.4, 0.5) is 0 Å². The van der Waals surface area contributed by atoms with Gasteiger partial charge in [0.1, 0.15) is 5.01 Å². The Kier molecular flexibility index (Phi) is 4.58. The largest absolute Gasteiger partial charge is 0.352 e. The van der Waals surface area contributed by atoms with Gasteiger partial charge in [0.05, 0.1) is 11.3 Å². The van der Waals surface area contributed by atoms with Gasteiger partial charge in [-0.3, -0.25) is 14.6 Å². The topological polar surface area (TPSA) is 87.7 Å². The summed E-state index contributed by atoms with van der Waals surface area (Å²) in [4.78, 5) is 34.0. The van der Waals surface area contributed by atoms with Gasteiger partial charge in [0, 0.05) is 48.6 Å². The third-order valence-corrected chi connectivity index (χ3v) is 4.11. The predicted octanol–water partition coefficient (Wildman–Crippen LogP) is 1.87. The number of rotatable bonds is 5. The van der Waals surface area contributed by atoms with Crippen molar-refractivity contribution in [3.8, 4) is 10.6 Å². The second-order valence-corrected chi connectivity index (χ2v) is 5.69. The van der Waals surface area contributed by atoms with Crippen LogP contribution >= 0.6 is 11.3 Å². The molecule has 3 heterocycles. The highest BCUT2D eigenvalue weighted by atomic mass is 32.1. The summed E-state index contributed by atoms with van der Waals surface area (Å²) in [5, 5.41) is 5.70. The van der Waals surface area contributed by atoms with Gasteiger partial charge in [-0.1, -0.05) is 0 Å². The van der Waals surface area contributed by atoms with Crippen LogP contribution in [0.5, 0.6) is 0 Å². The van der Waals surface area contributed by atoms with E-state index in [0.29, 0.717) is 18.5 Å². The molecule has 0 radical (unpaired) electrons. The van der Waals surface area contributed by atoms with Crippen LogP contribution in [0, 0.1) is 0 Å². The van der Waals surface area contributed by atoms with Crippen LogP contribution in [0.25, 0.3) is 10.6 Å². The first-order valence-electron chi connectivity index (χ1n) is 7.04. The molecule has 6 nitrogen and oxygen atoms in total. The number of pyridine rings is 2. The van der Waals surface area contributed by atoms with E-state index in [4.69, 9.17) is 0 Å². The van der Waals surface area contributed by atoms with Gasteiger partial charge in [-0.15, -0.1) is 11.3 Å². The zero-order chi connectivity index (χ0) is 16.1. The van der Waals surface area contributed by atoms with Crippen molar-refractivity contribution in [1.82, 2.24) is 20.3 Å². The minimum Gasteiger partial charge on any atom is -0.352 e. The molecule has 2 N–H and O–H groups in total. The van der Waals surface area contributed by atoms with Gasteiger partial charge < -0.3 is 10.3 Å². The maximum atomic E-state index is 11.9. The molecular weight excluding hydrogens is 312 g/mol. The van der Waals surface area contributed by atoms with Crippen LogP contribution < -0.4 is 10.9 Å². The van der Waals surface area contributed by atoms with E-state index in [0.717, 1.165) is 16.3 Å². The molecule has 0 spiro atoms. The molecule has 0 bridgehead atoms. The number of nitrogens with zero attached hydrogens (tertiary/aromatic N) is 2. The molecule has 116 valence electrons. The lowest BCUT2D eigenvalue weighted by Crippen LogP contribution is -2.26. The molecule has 0 saturated heterocycles. The third kappa shape index (κ3) is 3.89. The molecule has 7 heteroatoms. The van der Waals surface area contributed by atoms with Crippen molar-refractivity contribution in [3.05, 3.63) is 69.8 Å². The fourth-order valence-corrected chi connectivity index (χ4v) is 2.85. The maximum Gasteiger partial charge on any atom is 0.252 e. The Morgan fingerprint density at radius 1 is 1.30 bits per heavy atom. The van der Waals surface area contributed by atoms with Gasteiger partial charge in [0.2, 0.25) is 5.56 Å². The van der Waals surface area contributed by atoms with E-state index in [1.54, 1.807) is 23.7 Å². The van der Waals surface area contributed by atoms with Crippen LogP contribution in [-0.4, -0.2) is 27.4 Å². The van der Waals surface area contributed by atoms with E-state index in [1.807, 2.05) is 17.5 Å². The van der Waals surface area contributed by atoms with Crippen LogP contribution in [0.15, 0.2) is 53.0 Å². The number of thiazole rings is 1. The quantitative estimate of drug-likeness (QED) is 0.749. The van der Waals surface area contributed by atoms with Gasteiger partial charge in [0.15, 0.2) is 0 Å². The second kappa shape index (κ2) is 6.97. The molecule has 0 fully saturated rings. The fourth-order valence-electron chi connectivity index (χ4n) is 2.00. The zero-order valence-corrected chi connectivity index (χ0v) is 13.0. The Hall–Kier alpha value is -2.80. The maximum absolute atomic E-state index is 11.9. The van der Waals surface area contributed by atoms with E-state index < -0.39 is 0 Å². The smallest absolute Gasteiger partial charge is 0.252 e. The first-order valence-corrected chi connectivity index (χ1v) is 7.92. The monoisotopic (exact) mass is 326 g/mol. The normalized spacial score (nSPS) is 10.4. The zero-order valence-electron chi connectivity index (χ0n) is 12.2. The summed E-state index contributed by atoms with van der Waals surface area (Å²) in [6.07, 6.45) is 5.55. The number of carbonyl (C=O) groups excluding carboxylic acids is 1. The highest BCUT2D eigenvalue weighted by molar-refractivity contribution is 7.13. The van der Waals surface area contributed by atoms with Gasteiger partial charge in [-0.25, -0.2) is 4.98 Å². The molecular formula is C16H14N4O2S. The lowest BCUT2D eigenvalue weighted by Gasteiger charge is -2.03. The van der Waals surface area contributed by atoms with E-state index in [9.17, 15) is 9.59 Å². The SMILES string of the molecule is O=C(NCCc1csc(-c2cccnc2)n1)c1ccc(=O)[nH]c1. The van der Waals surface area contributed by atoms with Crippen molar-refractivity contribution in [3.63, 3.8) is 0 Å². The summed E-state index contributed by atoms with van der Waals surface area (Å²) >= 11 is 1.56. The number of aromatic amines is 1. The lowest BCUT2D eigenvalue weighted by atomic mass is 10.2. The average Bonchev–Trinajstić information content (AvgIpc) is 3.05. The van der Waals surface area contributed by atoms with Crippen molar-refractivity contribution in [1.29, 1.82) is 0 Å². The van der Waals surface area contributed by atoms with Crippen molar-refractivity contribution in [2.24, 2.45) is 0 Å². The van der Waals surface area contributed by atoms with E-state index in [-0.39, 0.29) is 11.5 Å². The molecule has 0 atom stereocenters. The van der Waals surface area contributed by atoms with Crippen molar-refractivity contribution in [2.75, 3.05) is 6.54 Å². The molecule has 3 aromatic heterocycles. The van der Waals surface area contributed by atoms with Gasteiger partial charge in [-0.05, 0) is 18.2 Å². The third-order valence-electron chi connectivity index (χ3n) is 3.17. The van der Waals surface area contributed by atoms with Crippen molar-refractivity contribution >= 4 is 17.2 Å². The molecule has 0 unspecified atom stereocenters. The average molecular weight is 326 g/mol. The van der Waals surface area contributed by atoms with Crippen molar-refractivity contribution in [2.45, 2.75) is 6.42 Å². The van der Waals surface area contributed by atoms with Crippen LogP contribution in [0.3, 0.4) is 0 Å². The summed E-state index contributed by atoms with van der Waals surface area (Å²) in [7, 11) is 0. The molecule has 0 aliphatic rings. The Balaban J connectivity index is 1.55. The predicted molar refractivity (Wildman–Crippen MR) is 88.4 cm³/mol. The molecule has 3 rings (SSSR count). The number of H-pyrrole nitrogens is 1. The number of carbonyl (C=O) groups is 1. The highest BCUT2D eigenvalue weighted by Crippen LogP contribution is 2.22. The first kappa shape index (κ1) is 15.1. The molecule has 0 saturated carbocycles. The van der Waals surface area contributed by atoms with E-state index >= 15 is 0 Å². The molecule has 0 aliphatic heterocycles. The van der Waals surface area contributed by atoms with Gasteiger partial charge in [0.25, 0.3) is 5.91 Å². The summed E-state index contributed by atoms with van der Waals surface area (Å²) in [6.45, 7) is 0.480. The van der Waals surface area contributed by atoms with Crippen LogP contribution in [0.1, 0.15) is 16.1 Å². The van der Waals surface area contributed by atoms with Gasteiger partial charge in [-0.2, -0.15) is 0 Å². The Labute approximate surface area is 136 Å². The standard InChI is InChI=1S/C16H14N4O2S/c21-14-4-3-11(9-19-14)15(22)18-7-5-13-10-23-16(20-13)12-2-1-6-17-8-12/h1-4,6,8-10H,5,7H2,(H,18,22)(H,19,21). The molecule has 3 aromatic rings. The summed E-state index contributed by atoms with van der Waals surface area (Å²) in [6, 6.07) is 6.67. The Bertz CT molecular complexity index is 837. The number of aromatic nitrogens is 3. The summed E-state index contributed by atoms with van der Waals surface area (Å²) < 4.78 is 0. The molecule has 0 aliphatic carbocycles. The second-order valence-electron chi connectivity index (χ2n) is 4.83. The minimum atomic E-state index is -0.230. The summed E-state index contributed by atoms with van der Waals surface area (Å²) in [5.74, 6) is -0.219. The van der Waals surface area contributed by atoms with E-state index in [2.05, 4.69) is 20.3 Å². The molecule has 1 amide bonds. The van der Waals surface area contributed by atoms with Crippen LogP contribution in [-0.2, 0) is 6.42 Å². The number of nitrogens with one attached hydrogen (secondary N) is 2. The number of amides is 1. The van der Waals surface area contributed by atoms with Crippen molar-refractivity contribution < 1.29 is 4.79 Å². The van der Waals surface area contributed by atoms with E-state index in [1.165, 1.54) is 18.3 Å². The van der Waals surface area contributed by atoms with Crippen LogP contribution in [0.2, 0.25) is 0 Å². The minimum absolute atomic E-state index is 0.219. The highest BCUT2D eigenvalue weighted by Gasteiger charge is 2.07. The molecule has 0 aromatic carbocycles. The number of hydrogen-bond acceptors (Lipinski definition) is 5. The first-order chi connectivity index (χ1) is 11.2. The Morgan fingerprint density at radius 2 is 2.22 bits per heavy atom. The molecule has 23 heavy (non-hydrogen) atoms. The summed E-state index contributed by atoms with van der Waals surface area (Å²) in [5.41, 5.74) is 2.11. The Morgan fingerprint density at radius 3 is 2.96 bits per heavy atom. The number of hydrogen-bond donors (Lipinski definition) is 2. The lowest BCUT2D eigenvalue weighted by molar-refractivity contribution is 0.0953. The van der Waals surface area contributed by atoms with Gasteiger partial charge >= 0.3 is 0 Å². The fraction of sp³-hybridized carbons (Fsp3) is 0.125.